The molecule has 0 radical (unpaired) electrons. The average Bonchev–Trinajstić information content (AvgIpc) is 2.85. The zero-order valence-corrected chi connectivity index (χ0v) is 12.0. The van der Waals surface area contributed by atoms with Crippen LogP contribution in [0.3, 0.4) is 0 Å². The molecular weight excluding hydrogens is 248 g/mol. The van der Waals surface area contributed by atoms with Crippen LogP contribution in [0.5, 0.6) is 0 Å². The van der Waals surface area contributed by atoms with E-state index in [-0.39, 0.29) is 0 Å². The molecule has 0 amide bonds. The number of fused-ring (bicyclic) bond motifs is 1. The van der Waals surface area contributed by atoms with Crippen LogP contribution < -0.4 is 10.6 Å². The second-order valence-electron chi connectivity index (χ2n) is 5.83. The van der Waals surface area contributed by atoms with Crippen molar-refractivity contribution >= 4 is 11.8 Å². The zero-order chi connectivity index (χ0) is 14.1. The highest BCUT2D eigenvalue weighted by atomic mass is 15.2. The molecule has 1 aromatic rings. The van der Waals surface area contributed by atoms with E-state index < -0.39 is 0 Å². The standard InChI is InChI=1S/C16H22N4/c1-3-6-14-11(2)18-16(17)19-15(14)20-9-12-7-4-5-8-13(12)10-20/h3-5,12-13H,1,6-10H2,2H3,(H2,17,18,19)/t12-,13+. The van der Waals surface area contributed by atoms with Gasteiger partial charge in [-0.05, 0) is 38.0 Å². The number of nitrogens with zero attached hydrogens (tertiary/aromatic N) is 3. The minimum absolute atomic E-state index is 0.373. The van der Waals surface area contributed by atoms with Gasteiger partial charge in [0.25, 0.3) is 0 Å². The molecule has 1 fully saturated rings. The van der Waals surface area contributed by atoms with Crippen LogP contribution in [0.2, 0.25) is 0 Å². The number of aromatic nitrogens is 2. The summed E-state index contributed by atoms with van der Waals surface area (Å²) in [5.74, 6) is 2.91. The molecule has 4 nitrogen and oxygen atoms in total. The third-order valence-electron chi connectivity index (χ3n) is 4.48. The molecule has 0 aromatic carbocycles. The van der Waals surface area contributed by atoms with E-state index in [2.05, 4.69) is 33.6 Å². The van der Waals surface area contributed by atoms with Crippen molar-refractivity contribution in [3.8, 4) is 0 Å². The first-order chi connectivity index (χ1) is 9.69. The maximum Gasteiger partial charge on any atom is 0.222 e. The van der Waals surface area contributed by atoms with Crippen LogP contribution in [0.25, 0.3) is 0 Å². The molecule has 0 unspecified atom stereocenters. The summed E-state index contributed by atoms with van der Waals surface area (Å²) >= 11 is 0. The summed E-state index contributed by atoms with van der Waals surface area (Å²) in [5, 5.41) is 0. The van der Waals surface area contributed by atoms with Gasteiger partial charge in [0.1, 0.15) is 5.82 Å². The van der Waals surface area contributed by atoms with Crippen LogP contribution in [0.15, 0.2) is 24.8 Å². The molecule has 106 valence electrons. The van der Waals surface area contributed by atoms with E-state index in [0.29, 0.717) is 5.95 Å². The maximum absolute atomic E-state index is 5.85. The molecule has 1 saturated heterocycles. The lowest BCUT2D eigenvalue weighted by atomic mass is 9.86. The van der Waals surface area contributed by atoms with Gasteiger partial charge in [-0.1, -0.05) is 18.2 Å². The number of allylic oxidation sites excluding steroid dienone is 3. The Kier molecular flexibility index (Phi) is 3.47. The Balaban J connectivity index is 1.92. The van der Waals surface area contributed by atoms with E-state index in [0.717, 1.165) is 42.9 Å². The first-order valence-electron chi connectivity index (χ1n) is 7.33. The predicted molar refractivity (Wildman–Crippen MR) is 82.6 cm³/mol. The molecular formula is C16H22N4. The fraction of sp³-hybridized carbons (Fsp3) is 0.500. The maximum atomic E-state index is 5.85. The lowest BCUT2D eigenvalue weighted by molar-refractivity contribution is 0.411. The fourth-order valence-corrected chi connectivity index (χ4v) is 3.43. The molecule has 1 aliphatic carbocycles. The predicted octanol–water partition coefficient (Wildman–Crippen LogP) is 2.50. The van der Waals surface area contributed by atoms with Crippen molar-refractivity contribution in [3.05, 3.63) is 36.1 Å². The number of rotatable bonds is 3. The van der Waals surface area contributed by atoms with Gasteiger partial charge < -0.3 is 10.6 Å². The third-order valence-corrected chi connectivity index (χ3v) is 4.48. The molecule has 0 saturated carbocycles. The Morgan fingerprint density at radius 3 is 2.55 bits per heavy atom. The highest BCUT2D eigenvalue weighted by molar-refractivity contribution is 5.53. The summed E-state index contributed by atoms with van der Waals surface area (Å²) in [4.78, 5) is 11.2. The first kappa shape index (κ1) is 13.2. The van der Waals surface area contributed by atoms with E-state index >= 15 is 0 Å². The van der Waals surface area contributed by atoms with Gasteiger partial charge in [0.2, 0.25) is 5.95 Å². The normalized spacial score (nSPS) is 24.8. The monoisotopic (exact) mass is 270 g/mol. The van der Waals surface area contributed by atoms with Crippen molar-refractivity contribution in [1.82, 2.24) is 9.97 Å². The molecule has 0 bridgehead atoms. The smallest absolute Gasteiger partial charge is 0.222 e. The van der Waals surface area contributed by atoms with Gasteiger partial charge in [-0.25, -0.2) is 4.98 Å². The fourth-order valence-electron chi connectivity index (χ4n) is 3.43. The van der Waals surface area contributed by atoms with Gasteiger partial charge in [0.15, 0.2) is 0 Å². The van der Waals surface area contributed by atoms with Crippen LogP contribution in [0.4, 0.5) is 11.8 Å². The second-order valence-corrected chi connectivity index (χ2v) is 5.83. The first-order valence-corrected chi connectivity index (χ1v) is 7.33. The van der Waals surface area contributed by atoms with Crippen molar-refractivity contribution < 1.29 is 0 Å². The summed E-state index contributed by atoms with van der Waals surface area (Å²) in [6.45, 7) is 8.01. The van der Waals surface area contributed by atoms with Gasteiger partial charge in [-0.2, -0.15) is 4.98 Å². The van der Waals surface area contributed by atoms with Gasteiger partial charge in [0.05, 0.1) is 0 Å². The van der Waals surface area contributed by atoms with Crippen LogP contribution in [-0.2, 0) is 6.42 Å². The number of nitrogen functional groups attached to an aromatic ring is 1. The lowest BCUT2D eigenvalue weighted by Crippen LogP contribution is -2.24. The van der Waals surface area contributed by atoms with Crippen molar-refractivity contribution in [2.45, 2.75) is 26.2 Å². The van der Waals surface area contributed by atoms with Crippen LogP contribution in [-0.4, -0.2) is 23.1 Å². The zero-order valence-electron chi connectivity index (χ0n) is 12.0. The van der Waals surface area contributed by atoms with Crippen molar-refractivity contribution in [2.75, 3.05) is 23.7 Å². The molecule has 1 aromatic heterocycles. The molecule has 2 aliphatic rings. The van der Waals surface area contributed by atoms with Gasteiger partial charge in [-0.3, -0.25) is 0 Å². The van der Waals surface area contributed by atoms with Crippen molar-refractivity contribution in [1.29, 1.82) is 0 Å². The number of hydrogen-bond acceptors (Lipinski definition) is 4. The Labute approximate surface area is 120 Å². The molecule has 2 heterocycles. The highest BCUT2D eigenvalue weighted by Crippen LogP contribution is 2.36. The second kappa shape index (κ2) is 5.27. The molecule has 1 aliphatic heterocycles. The molecule has 2 N–H and O–H groups in total. The third kappa shape index (κ3) is 2.30. The topological polar surface area (TPSA) is 55.0 Å². The largest absolute Gasteiger partial charge is 0.368 e. The Morgan fingerprint density at radius 2 is 1.95 bits per heavy atom. The summed E-state index contributed by atoms with van der Waals surface area (Å²) in [6, 6.07) is 0. The number of nitrogens with two attached hydrogens (primary N) is 1. The Morgan fingerprint density at radius 1 is 1.30 bits per heavy atom. The lowest BCUT2D eigenvalue weighted by Gasteiger charge is -2.21. The number of anilines is 2. The number of aryl methyl sites for hydroxylation is 1. The minimum atomic E-state index is 0.373. The molecule has 2 atom stereocenters. The van der Waals surface area contributed by atoms with Crippen LogP contribution >= 0.6 is 0 Å². The molecule has 0 spiro atoms. The molecule has 20 heavy (non-hydrogen) atoms. The van der Waals surface area contributed by atoms with Gasteiger partial charge in [-0.15, -0.1) is 6.58 Å². The van der Waals surface area contributed by atoms with Crippen LogP contribution in [0, 0.1) is 18.8 Å². The van der Waals surface area contributed by atoms with E-state index in [4.69, 9.17) is 5.73 Å². The Hall–Kier alpha value is -1.84. The van der Waals surface area contributed by atoms with Crippen molar-refractivity contribution in [2.24, 2.45) is 11.8 Å². The summed E-state index contributed by atoms with van der Waals surface area (Å²) in [5.41, 5.74) is 7.99. The van der Waals surface area contributed by atoms with E-state index in [1.807, 2.05) is 13.0 Å². The summed E-state index contributed by atoms with van der Waals surface area (Å²) in [7, 11) is 0. The Bertz CT molecular complexity index is 534. The SMILES string of the molecule is C=CCc1c(C)nc(N)nc1N1C[C@H]2CC=CC[C@H]2C1. The number of hydrogen-bond donors (Lipinski definition) is 1. The highest BCUT2D eigenvalue weighted by Gasteiger charge is 2.34. The summed E-state index contributed by atoms with van der Waals surface area (Å²) < 4.78 is 0. The van der Waals surface area contributed by atoms with Crippen LogP contribution in [0.1, 0.15) is 24.1 Å². The average molecular weight is 270 g/mol. The van der Waals surface area contributed by atoms with Gasteiger partial charge in [0, 0.05) is 24.3 Å². The molecule has 3 rings (SSSR count). The van der Waals surface area contributed by atoms with E-state index in [1.54, 1.807) is 0 Å². The molecule has 4 heteroatoms. The van der Waals surface area contributed by atoms with Crippen molar-refractivity contribution in [3.63, 3.8) is 0 Å². The minimum Gasteiger partial charge on any atom is -0.368 e. The van der Waals surface area contributed by atoms with Gasteiger partial charge >= 0.3 is 0 Å². The van der Waals surface area contributed by atoms with E-state index in [1.165, 1.54) is 18.4 Å². The van der Waals surface area contributed by atoms with E-state index in [9.17, 15) is 0 Å². The quantitative estimate of drug-likeness (QED) is 0.857. The summed E-state index contributed by atoms with van der Waals surface area (Å²) in [6.07, 6.45) is 9.72.